The number of fused-ring (bicyclic) bond motifs is 10. The van der Waals surface area contributed by atoms with Gasteiger partial charge in [0.15, 0.2) is 8.67 Å². The second-order valence-electron chi connectivity index (χ2n) is 8.83. The van der Waals surface area contributed by atoms with Gasteiger partial charge in [0.05, 0.1) is 20.1 Å². The Labute approximate surface area is 234 Å². The quantitative estimate of drug-likeness (QED) is 0.229. The van der Waals surface area contributed by atoms with Crippen molar-refractivity contribution in [1.82, 2.24) is 0 Å². The van der Waals surface area contributed by atoms with Crippen molar-refractivity contribution in [2.75, 3.05) is 0 Å². The van der Waals surface area contributed by atoms with E-state index in [0.29, 0.717) is 25.7 Å². The van der Waals surface area contributed by atoms with Crippen molar-refractivity contribution in [3.8, 4) is 0 Å². The first-order valence-electron chi connectivity index (χ1n) is 9.22. The van der Waals surface area contributed by atoms with Crippen molar-refractivity contribution in [2.24, 2.45) is 23.7 Å². The van der Waals surface area contributed by atoms with Crippen LogP contribution in [0.2, 0.25) is 0 Å². The maximum atomic E-state index is 7.02. The van der Waals surface area contributed by atoms with E-state index in [1.807, 2.05) is 0 Å². The van der Waals surface area contributed by atoms with Crippen LogP contribution in [-0.4, -0.2) is 28.2 Å². The normalized spacial score (nSPS) is 55.6. The molecular weight excluding hydrogens is 642 g/mol. The van der Waals surface area contributed by atoms with Crippen LogP contribution in [-0.2, 0) is 0 Å². The fourth-order valence-electron chi connectivity index (χ4n) is 6.73. The molecule has 0 heterocycles. The van der Waals surface area contributed by atoms with E-state index < -0.39 is 28.2 Å². The topological polar surface area (TPSA) is 0 Å². The minimum atomic E-state index is -1.58. The SMILES string of the molecule is ClC1=C(Cl)C2(Cl)[C@H]3CC[C@@H]4[C@H](CC[C@H]3C1(Cl)C2(Cl)Cl)C1(Cl)C(Cl)=C(Cl)C4(Cl)C1(Cl)Cl. The minimum absolute atomic E-state index is 0.191. The van der Waals surface area contributed by atoms with Gasteiger partial charge in [-0.25, -0.2) is 0 Å². The van der Waals surface area contributed by atoms with Gasteiger partial charge in [-0.1, -0.05) is 92.8 Å². The van der Waals surface area contributed by atoms with Gasteiger partial charge in [0.1, 0.15) is 19.5 Å². The van der Waals surface area contributed by atoms with E-state index in [4.69, 9.17) is 139 Å². The van der Waals surface area contributed by atoms with Gasteiger partial charge in [0, 0.05) is 0 Å². The second kappa shape index (κ2) is 6.83. The molecule has 4 unspecified atom stereocenters. The summed E-state index contributed by atoms with van der Waals surface area (Å²) in [4.78, 5) is -5.28. The van der Waals surface area contributed by atoms with Crippen molar-refractivity contribution >= 4 is 139 Å². The van der Waals surface area contributed by atoms with Crippen molar-refractivity contribution < 1.29 is 0 Å². The molecule has 0 aromatic heterocycles. The Morgan fingerprint density at radius 1 is 0.400 bits per heavy atom. The van der Waals surface area contributed by atoms with Crippen LogP contribution in [0.5, 0.6) is 0 Å². The highest BCUT2D eigenvalue weighted by Crippen LogP contribution is 2.81. The lowest BCUT2D eigenvalue weighted by Crippen LogP contribution is -2.45. The van der Waals surface area contributed by atoms with Crippen LogP contribution in [0.4, 0.5) is 0 Å². The third-order valence-corrected chi connectivity index (χ3v) is 16.8. The minimum Gasteiger partial charge on any atom is -0.109 e. The van der Waals surface area contributed by atoms with E-state index in [1.165, 1.54) is 0 Å². The summed E-state index contributed by atoms with van der Waals surface area (Å²) in [6.45, 7) is 0. The third kappa shape index (κ3) is 2.18. The zero-order chi connectivity index (χ0) is 22.4. The monoisotopic (exact) mass is 648 g/mol. The van der Waals surface area contributed by atoms with Gasteiger partial charge < -0.3 is 0 Å². The molecule has 0 saturated heterocycles. The first kappa shape index (κ1) is 24.6. The van der Waals surface area contributed by atoms with Crippen LogP contribution in [0.1, 0.15) is 25.7 Å². The summed E-state index contributed by atoms with van der Waals surface area (Å²) in [5, 5.41) is 0.765. The Morgan fingerprint density at radius 2 is 0.567 bits per heavy atom. The molecule has 168 valence electrons. The van der Waals surface area contributed by atoms with E-state index in [9.17, 15) is 0 Å². The second-order valence-corrected chi connectivity index (χ2v) is 15.4. The summed E-state index contributed by atoms with van der Waals surface area (Å²) >= 11 is 81.3. The fraction of sp³-hybridized carbons (Fsp3) is 0.778. The highest BCUT2D eigenvalue weighted by molar-refractivity contribution is 6.66. The van der Waals surface area contributed by atoms with Crippen molar-refractivity contribution in [2.45, 2.75) is 53.8 Å². The summed E-state index contributed by atoms with van der Waals surface area (Å²) in [6, 6.07) is 0. The number of alkyl halides is 8. The first-order valence-corrected chi connectivity index (χ1v) is 13.8. The lowest BCUT2D eigenvalue weighted by molar-refractivity contribution is 0.175. The molecule has 5 aliphatic carbocycles. The third-order valence-electron chi connectivity index (χ3n) is 8.08. The van der Waals surface area contributed by atoms with Crippen LogP contribution in [0.15, 0.2) is 20.1 Å². The number of hydrogen-bond donors (Lipinski definition) is 0. The lowest BCUT2D eigenvalue weighted by atomic mass is 9.67. The van der Waals surface area contributed by atoms with Crippen LogP contribution in [0.3, 0.4) is 0 Å². The van der Waals surface area contributed by atoms with E-state index in [0.717, 1.165) is 0 Å². The molecule has 3 fully saturated rings. The maximum absolute atomic E-state index is 7.02. The van der Waals surface area contributed by atoms with Crippen LogP contribution >= 0.6 is 139 Å². The van der Waals surface area contributed by atoms with E-state index >= 15 is 0 Å². The van der Waals surface area contributed by atoms with E-state index in [2.05, 4.69) is 0 Å². The van der Waals surface area contributed by atoms with Gasteiger partial charge in [-0.15, -0.1) is 46.4 Å². The van der Waals surface area contributed by atoms with Gasteiger partial charge in [-0.05, 0) is 49.4 Å². The number of halogens is 12. The highest BCUT2D eigenvalue weighted by Gasteiger charge is 2.85. The van der Waals surface area contributed by atoms with Crippen molar-refractivity contribution in [3.63, 3.8) is 0 Å². The predicted octanol–water partition coefficient (Wildman–Crippen LogP) is 9.72. The molecule has 0 nitrogen and oxygen atoms in total. The molecule has 4 bridgehead atoms. The molecule has 0 N–H and O–H groups in total. The fourth-order valence-corrected chi connectivity index (χ4v) is 13.0. The van der Waals surface area contributed by atoms with E-state index in [-0.39, 0.29) is 43.8 Å². The van der Waals surface area contributed by atoms with Crippen LogP contribution in [0, 0.1) is 23.7 Å². The Kier molecular flexibility index (Phi) is 5.61. The zero-order valence-electron chi connectivity index (χ0n) is 14.7. The first-order chi connectivity index (χ1) is 13.6. The predicted molar refractivity (Wildman–Crippen MR) is 133 cm³/mol. The standard InChI is InChI=1S/C18H12Cl12/c19-9-10(20)15(25)7-3-4-8-6(2-1-5(7)13(9,23)17(15,27)28)14(24)11(21)12(22)16(8,26)18(14,29)30/h5-8H,1-4H2/t5-,6+,7+,8-,13?,14?,15?,16?. The molecule has 0 aromatic carbocycles. The summed E-state index contributed by atoms with van der Waals surface area (Å²) in [6.07, 6.45) is 2.22. The van der Waals surface area contributed by atoms with Crippen LogP contribution in [0.25, 0.3) is 0 Å². The Balaban J connectivity index is 1.62. The van der Waals surface area contributed by atoms with Gasteiger partial charge in [-0.2, -0.15) is 0 Å². The Hall–Kier alpha value is 2.96. The Bertz CT molecular complexity index is 782. The summed E-state index contributed by atoms with van der Waals surface area (Å²) in [5.74, 6) is -0.976. The molecule has 30 heavy (non-hydrogen) atoms. The molecule has 8 atom stereocenters. The van der Waals surface area contributed by atoms with Gasteiger partial charge >= 0.3 is 0 Å². The Morgan fingerprint density at radius 3 is 0.733 bits per heavy atom. The smallest absolute Gasteiger partial charge is 0.109 e. The molecule has 5 rings (SSSR count). The maximum Gasteiger partial charge on any atom is 0.166 e. The number of rotatable bonds is 0. The average Bonchev–Trinajstić information content (AvgIpc) is 2.96. The summed E-state index contributed by atoms with van der Waals surface area (Å²) in [7, 11) is 0. The molecule has 0 amide bonds. The molecule has 0 aromatic rings. The highest BCUT2D eigenvalue weighted by atomic mass is 35.5. The zero-order valence-corrected chi connectivity index (χ0v) is 23.7. The largest absolute Gasteiger partial charge is 0.166 e. The molecule has 3 saturated carbocycles. The molecule has 12 heteroatoms. The molecule has 0 aliphatic heterocycles. The van der Waals surface area contributed by atoms with Gasteiger partial charge in [-0.3, -0.25) is 0 Å². The number of allylic oxidation sites excluding steroid dienone is 4. The molecule has 5 aliphatic rings. The summed E-state index contributed by atoms with van der Waals surface area (Å²) in [5.41, 5.74) is 0. The van der Waals surface area contributed by atoms with E-state index in [1.54, 1.807) is 0 Å². The van der Waals surface area contributed by atoms with Crippen molar-refractivity contribution in [1.29, 1.82) is 0 Å². The molecule has 0 radical (unpaired) electrons. The van der Waals surface area contributed by atoms with Gasteiger partial charge in [0.25, 0.3) is 0 Å². The van der Waals surface area contributed by atoms with Crippen molar-refractivity contribution in [3.05, 3.63) is 20.1 Å². The lowest BCUT2D eigenvalue weighted by Gasteiger charge is -2.44. The molecular formula is C18H12Cl12. The number of hydrogen-bond acceptors (Lipinski definition) is 0. The van der Waals surface area contributed by atoms with Crippen LogP contribution < -0.4 is 0 Å². The van der Waals surface area contributed by atoms with Gasteiger partial charge in [0.2, 0.25) is 0 Å². The molecule has 0 spiro atoms. The summed E-state index contributed by atoms with van der Waals surface area (Å²) < 4.78 is -3.17. The average molecular weight is 654 g/mol.